The van der Waals surface area contributed by atoms with Gasteiger partial charge in [-0.2, -0.15) is 5.10 Å². The van der Waals surface area contributed by atoms with Crippen molar-refractivity contribution in [3.63, 3.8) is 0 Å². The first-order chi connectivity index (χ1) is 12.5. The Morgan fingerprint density at radius 1 is 1.12 bits per heavy atom. The van der Waals surface area contributed by atoms with Crippen molar-refractivity contribution in [1.82, 2.24) is 15.5 Å². The number of carbonyl (C=O) groups excluding carboxylic acids is 1. The van der Waals surface area contributed by atoms with Crippen LogP contribution in [0.4, 0.5) is 5.69 Å². The van der Waals surface area contributed by atoms with E-state index in [1.807, 2.05) is 43.3 Å². The van der Waals surface area contributed by atoms with Gasteiger partial charge in [0, 0.05) is 43.0 Å². The maximum Gasteiger partial charge on any atom is 0.251 e. The number of H-pyrrole nitrogens is 1. The smallest absolute Gasteiger partial charge is 0.251 e. The third-order valence-electron chi connectivity index (χ3n) is 4.58. The minimum Gasteiger partial charge on any atom is -0.378 e. The van der Waals surface area contributed by atoms with Gasteiger partial charge >= 0.3 is 0 Å². The van der Waals surface area contributed by atoms with E-state index >= 15 is 0 Å². The molecule has 0 bridgehead atoms. The van der Waals surface area contributed by atoms with Crippen LogP contribution in [0.15, 0.2) is 48.7 Å². The highest BCUT2D eigenvalue weighted by atomic mass is 16.1. The van der Waals surface area contributed by atoms with Gasteiger partial charge in [-0.05, 0) is 49.2 Å². The van der Waals surface area contributed by atoms with Crippen molar-refractivity contribution in [2.75, 3.05) is 19.0 Å². The maximum atomic E-state index is 12.5. The zero-order valence-corrected chi connectivity index (χ0v) is 15.6. The molecule has 0 unspecified atom stereocenters. The van der Waals surface area contributed by atoms with Crippen LogP contribution in [-0.2, 0) is 6.54 Å². The van der Waals surface area contributed by atoms with Crippen molar-refractivity contribution in [2.24, 2.45) is 0 Å². The lowest BCUT2D eigenvalue weighted by molar-refractivity contribution is 0.0951. The van der Waals surface area contributed by atoms with Gasteiger partial charge in [0.1, 0.15) is 0 Å². The molecule has 1 heterocycles. The van der Waals surface area contributed by atoms with E-state index in [4.69, 9.17) is 0 Å². The van der Waals surface area contributed by atoms with E-state index in [1.54, 1.807) is 6.20 Å². The molecule has 5 heteroatoms. The largest absolute Gasteiger partial charge is 0.378 e. The third-order valence-corrected chi connectivity index (χ3v) is 4.58. The lowest BCUT2D eigenvalue weighted by atomic mass is 10.0. The van der Waals surface area contributed by atoms with E-state index < -0.39 is 0 Å². The first-order valence-corrected chi connectivity index (χ1v) is 8.61. The number of benzene rings is 2. The zero-order chi connectivity index (χ0) is 18.7. The summed E-state index contributed by atoms with van der Waals surface area (Å²) in [4.78, 5) is 14.5. The van der Waals surface area contributed by atoms with E-state index in [9.17, 15) is 4.79 Å². The summed E-state index contributed by atoms with van der Waals surface area (Å²) in [5, 5.41) is 10.2. The molecule has 2 aromatic carbocycles. The molecule has 0 radical (unpaired) electrons. The zero-order valence-electron chi connectivity index (χ0n) is 15.6. The first-order valence-electron chi connectivity index (χ1n) is 8.61. The van der Waals surface area contributed by atoms with E-state index in [2.05, 4.69) is 47.6 Å². The summed E-state index contributed by atoms with van der Waals surface area (Å²) in [6, 6.07) is 13.9. The van der Waals surface area contributed by atoms with Crippen LogP contribution in [0.25, 0.3) is 11.3 Å². The topological polar surface area (TPSA) is 61.0 Å². The number of amides is 1. The van der Waals surface area contributed by atoms with Crippen molar-refractivity contribution < 1.29 is 4.79 Å². The summed E-state index contributed by atoms with van der Waals surface area (Å²) < 4.78 is 0. The molecule has 26 heavy (non-hydrogen) atoms. The number of aromatic nitrogens is 2. The number of carbonyl (C=O) groups is 1. The molecule has 2 N–H and O–H groups in total. The highest BCUT2D eigenvalue weighted by Crippen LogP contribution is 2.23. The van der Waals surface area contributed by atoms with Crippen LogP contribution in [0.1, 0.15) is 27.0 Å². The molecule has 0 fully saturated rings. The Morgan fingerprint density at radius 2 is 1.92 bits per heavy atom. The number of nitrogens with zero attached hydrogens (tertiary/aromatic N) is 2. The average Bonchev–Trinajstić information content (AvgIpc) is 3.10. The number of rotatable bonds is 5. The van der Waals surface area contributed by atoms with Gasteiger partial charge in [-0.3, -0.25) is 9.89 Å². The molecule has 0 aliphatic carbocycles. The molecular weight excluding hydrogens is 324 g/mol. The normalized spacial score (nSPS) is 10.6. The van der Waals surface area contributed by atoms with E-state index in [0.29, 0.717) is 12.1 Å². The molecule has 3 rings (SSSR count). The van der Waals surface area contributed by atoms with Crippen molar-refractivity contribution in [3.05, 3.63) is 70.9 Å². The second-order valence-corrected chi connectivity index (χ2v) is 6.70. The molecule has 5 nitrogen and oxygen atoms in total. The summed E-state index contributed by atoms with van der Waals surface area (Å²) in [5.74, 6) is -0.0964. The van der Waals surface area contributed by atoms with Gasteiger partial charge in [0.25, 0.3) is 5.91 Å². The molecule has 0 atom stereocenters. The van der Waals surface area contributed by atoms with E-state index in [1.165, 1.54) is 11.1 Å². The minimum absolute atomic E-state index is 0.0964. The first kappa shape index (κ1) is 17.7. The molecule has 1 aromatic heterocycles. The van der Waals surface area contributed by atoms with Gasteiger partial charge in [-0.15, -0.1) is 0 Å². The van der Waals surface area contributed by atoms with E-state index in [-0.39, 0.29) is 5.91 Å². The Bertz CT molecular complexity index is 927. The SMILES string of the molecule is Cc1ccc(-c2[nH]ncc2CNC(=O)c2cccc(N(C)C)c2)cc1C. The van der Waals surface area contributed by atoms with Crippen LogP contribution < -0.4 is 10.2 Å². The van der Waals surface area contributed by atoms with Crippen molar-refractivity contribution >= 4 is 11.6 Å². The Hall–Kier alpha value is -3.08. The predicted molar refractivity (Wildman–Crippen MR) is 105 cm³/mol. The Kier molecular flexibility index (Phi) is 5.07. The lowest BCUT2D eigenvalue weighted by Gasteiger charge is -2.13. The highest BCUT2D eigenvalue weighted by molar-refractivity contribution is 5.95. The fraction of sp³-hybridized carbons (Fsp3) is 0.238. The van der Waals surface area contributed by atoms with Crippen molar-refractivity contribution in [2.45, 2.75) is 20.4 Å². The summed E-state index contributed by atoms with van der Waals surface area (Å²) in [5.41, 5.74) is 7.10. The molecular formula is C21H24N4O. The van der Waals surface area contributed by atoms with Gasteiger partial charge in [0.05, 0.1) is 11.9 Å². The molecule has 0 aliphatic heterocycles. The Morgan fingerprint density at radius 3 is 2.65 bits per heavy atom. The van der Waals surface area contributed by atoms with Crippen LogP contribution in [-0.4, -0.2) is 30.2 Å². The molecule has 134 valence electrons. The van der Waals surface area contributed by atoms with Crippen molar-refractivity contribution in [3.8, 4) is 11.3 Å². The molecule has 0 saturated heterocycles. The monoisotopic (exact) mass is 348 g/mol. The number of hydrogen-bond donors (Lipinski definition) is 2. The summed E-state index contributed by atoms with van der Waals surface area (Å²) in [7, 11) is 3.91. The standard InChI is InChI=1S/C21H24N4O/c1-14-8-9-16(10-15(14)2)20-18(13-23-24-20)12-22-21(26)17-6-5-7-19(11-17)25(3)4/h5-11,13H,12H2,1-4H3,(H,22,26)(H,23,24). The van der Waals surface area contributed by atoms with Gasteiger partial charge < -0.3 is 10.2 Å². The third kappa shape index (κ3) is 3.77. The number of hydrogen-bond acceptors (Lipinski definition) is 3. The van der Waals surface area contributed by atoms with Crippen molar-refractivity contribution in [1.29, 1.82) is 0 Å². The second-order valence-electron chi connectivity index (χ2n) is 6.70. The quantitative estimate of drug-likeness (QED) is 0.739. The Balaban J connectivity index is 1.75. The summed E-state index contributed by atoms with van der Waals surface area (Å²) in [6.07, 6.45) is 1.76. The lowest BCUT2D eigenvalue weighted by Crippen LogP contribution is -2.23. The molecule has 0 spiro atoms. The van der Waals surface area contributed by atoms with Crippen LogP contribution >= 0.6 is 0 Å². The van der Waals surface area contributed by atoms with Gasteiger partial charge in [0.15, 0.2) is 0 Å². The predicted octanol–water partition coefficient (Wildman–Crippen LogP) is 3.69. The molecule has 1 amide bonds. The second kappa shape index (κ2) is 7.44. The number of aromatic amines is 1. The van der Waals surface area contributed by atoms with Crippen LogP contribution in [0.2, 0.25) is 0 Å². The molecule has 0 saturated carbocycles. The Labute approximate surface area is 154 Å². The van der Waals surface area contributed by atoms with Gasteiger partial charge in [-0.1, -0.05) is 18.2 Å². The van der Waals surface area contributed by atoms with Crippen LogP contribution in [0.5, 0.6) is 0 Å². The fourth-order valence-electron chi connectivity index (χ4n) is 2.79. The van der Waals surface area contributed by atoms with Gasteiger partial charge in [-0.25, -0.2) is 0 Å². The highest BCUT2D eigenvalue weighted by Gasteiger charge is 2.11. The number of nitrogens with one attached hydrogen (secondary N) is 2. The van der Waals surface area contributed by atoms with Crippen LogP contribution in [0, 0.1) is 13.8 Å². The summed E-state index contributed by atoms with van der Waals surface area (Å²) in [6.45, 7) is 4.60. The minimum atomic E-state index is -0.0964. The number of anilines is 1. The summed E-state index contributed by atoms with van der Waals surface area (Å²) >= 11 is 0. The number of aryl methyl sites for hydroxylation is 2. The van der Waals surface area contributed by atoms with E-state index in [0.717, 1.165) is 22.5 Å². The van der Waals surface area contributed by atoms with Crippen LogP contribution in [0.3, 0.4) is 0 Å². The average molecular weight is 348 g/mol. The fourth-order valence-corrected chi connectivity index (χ4v) is 2.79. The van der Waals surface area contributed by atoms with Gasteiger partial charge in [0.2, 0.25) is 0 Å². The maximum absolute atomic E-state index is 12.5. The molecule has 0 aliphatic rings. The molecule has 3 aromatic rings.